The Morgan fingerprint density at radius 3 is 2.37 bits per heavy atom. The van der Waals surface area contributed by atoms with Crippen LogP contribution in [0.2, 0.25) is 0 Å². The minimum absolute atomic E-state index is 0.602. The highest BCUT2D eigenvalue weighted by molar-refractivity contribution is 5.92. The fourth-order valence-corrected chi connectivity index (χ4v) is 4.77. The molecule has 1 aliphatic rings. The molecule has 1 aromatic heterocycles. The van der Waals surface area contributed by atoms with E-state index >= 15 is 0 Å². The number of aldehydes is 1. The fraction of sp³-hybridized carbons (Fsp3) is 0.300. The Bertz CT molecular complexity index is 1270. The number of ether oxygens (including phenoxy) is 2. The highest BCUT2D eigenvalue weighted by Gasteiger charge is 2.17. The van der Waals surface area contributed by atoms with Gasteiger partial charge in [0, 0.05) is 35.0 Å². The van der Waals surface area contributed by atoms with Gasteiger partial charge in [0.15, 0.2) is 0 Å². The number of carbonyl (C=O) groups excluding carboxylic acids is 1. The van der Waals surface area contributed by atoms with Crippen molar-refractivity contribution in [2.45, 2.75) is 25.7 Å². The monoisotopic (exact) mass is 469 g/mol. The number of piperidine rings is 1. The van der Waals surface area contributed by atoms with Crippen LogP contribution >= 0.6 is 0 Å². The van der Waals surface area contributed by atoms with Crippen molar-refractivity contribution in [3.63, 3.8) is 0 Å². The van der Waals surface area contributed by atoms with Crippen LogP contribution in [0, 0.1) is 0 Å². The van der Waals surface area contributed by atoms with E-state index in [4.69, 9.17) is 13.9 Å². The molecule has 0 radical (unpaired) electrons. The van der Waals surface area contributed by atoms with Crippen molar-refractivity contribution in [1.82, 2.24) is 4.90 Å². The third-order valence-corrected chi connectivity index (χ3v) is 6.73. The largest absolute Gasteiger partial charge is 0.497 e. The molecule has 5 heteroatoms. The van der Waals surface area contributed by atoms with Crippen LogP contribution in [0.3, 0.4) is 0 Å². The number of benzene rings is 3. The highest BCUT2D eigenvalue weighted by Crippen LogP contribution is 2.36. The van der Waals surface area contributed by atoms with Gasteiger partial charge in [-0.15, -0.1) is 0 Å². The molecule has 35 heavy (non-hydrogen) atoms. The maximum Gasteiger partial charge on any atom is 0.150 e. The lowest BCUT2D eigenvalue weighted by Crippen LogP contribution is -2.33. The third-order valence-electron chi connectivity index (χ3n) is 6.73. The Balaban J connectivity index is 1.35. The molecule has 1 fully saturated rings. The molecule has 0 unspecified atom stereocenters. The van der Waals surface area contributed by atoms with E-state index in [-0.39, 0.29) is 0 Å². The normalized spacial score (nSPS) is 14.2. The minimum atomic E-state index is 0.602. The molecule has 0 N–H and O–H groups in total. The van der Waals surface area contributed by atoms with Crippen molar-refractivity contribution in [3.05, 3.63) is 83.4 Å². The summed E-state index contributed by atoms with van der Waals surface area (Å²) in [7, 11) is 1.66. The second kappa shape index (κ2) is 10.8. The number of furan rings is 1. The maximum absolute atomic E-state index is 11.3. The summed E-state index contributed by atoms with van der Waals surface area (Å²) in [5, 5.41) is 1.02. The van der Waals surface area contributed by atoms with E-state index < -0.39 is 0 Å². The van der Waals surface area contributed by atoms with Crippen molar-refractivity contribution in [2.24, 2.45) is 0 Å². The zero-order valence-electron chi connectivity index (χ0n) is 20.2. The zero-order chi connectivity index (χ0) is 24.0. The lowest BCUT2D eigenvalue weighted by molar-refractivity contribution is 0.112. The number of rotatable bonds is 9. The van der Waals surface area contributed by atoms with Gasteiger partial charge in [0.2, 0.25) is 0 Å². The van der Waals surface area contributed by atoms with E-state index in [1.54, 1.807) is 13.2 Å². The second-order valence-corrected chi connectivity index (χ2v) is 9.08. The first kappa shape index (κ1) is 23.2. The van der Waals surface area contributed by atoms with Crippen molar-refractivity contribution in [1.29, 1.82) is 0 Å². The standard InChI is InChI=1S/C30H31NO4/c1-33-25-12-8-24(9-13-25)30-28(27-14-7-23(21-32)20-29(27)35-30)19-22-5-10-26(11-6-22)34-18-17-31-15-3-2-4-16-31/h5-14,20-21H,2-4,15-19H2,1H3. The van der Waals surface area contributed by atoms with Gasteiger partial charge in [-0.1, -0.05) is 30.7 Å². The Labute approximate surface area is 206 Å². The summed E-state index contributed by atoms with van der Waals surface area (Å²) in [4.78, 5) is 13.8. The van der Waals surface area contributed by atoms with E-state index in [1.165, 1.54) is 37.9 Å². The summed E-state index contributed by atoms with van der Waals surface area (Å²) >= 11 is 0. The molecule has 0 aliphatic carbocycles. The van der Waals surface area contributed by atoms with Gasteiger partial charge >= 0.3 is 0 Å². The van der Waals surface area contributed by atoms with Crippen LogP contribution in [0.5, 0.6) is 11.5 Å². The summed E-state index contributed by atoms with van der Waals surface area (Å²) in [6.45, 7) is 4.07. The molecule has 5 rings (SSSR count). The van der Waals surface area contributed by atoms with Gasteiger partial charge < -0.3 is 13.9 Å². The van der Waals surface area contributed by atoms with Gasteiger partial charge in [0.25, 0.3) is 0 Å². The number of likely N-dealkylation sites (tertiary alicyclic amines) is 1. The minimum Gasteiger partial charge on any atom is -0.497 e. The number of carbonyl (C=O) groups is 1. The average Bonchev–Trinajstić information content (AvgIpc) is 3.27. The van der Waals surface area contributed by atoms with Crippen LogP contribution in [0.4, 0.5) is 0 Å². The van der Waals surface area contributed by atoms with E-state index in [1.807, 2.05) is 48.5 Å². The van der Waals surface area contributed by atoms with E-state index in [2.05, 4.69) is 17.0 Å². The van der Waals surface area contributed by atoms with Crippen LogP contribution in [0.1, 0.15) is 40.7 Å². The van der Waals surface area contributed by atoms with Gasteiger partial charge in [-0.3, -0.25) is 9.69 Å². The summed E-state index contributed by atoms with van der Waals surface area (Å²) in [5.41, 5.74) is 4.56. The molecular formula is C30H31NO4. The van der Waals surface area contributed by atoms with E-state index in [0.717, 1.165) is 46.6 Å². The van der Waals surface area contributed by atoms with Crippen molar-refractivity contribution in [2.75, 3.05) is 33.4 Å². The zero-order valence-corrected chi connectivity index (χ0v) is 20.2. The molecule has 3 aromatic carbocycles. The van der Waals surface area contributed by atoms with Crippen LogP contribution < -0.4 is 9.47 Å². The quantitative estimate of drug-likeness (QED) is 0.266. The fourth-order valence-electron chi connectivity index (χ4n) is 4.77. The van der Waals surface area contributed by atoms with Crippen molar-refractivity contribution >= 4 is 17.3 Å². The number of methoxy groups -OCH3 is 1. The Kier molecular flexibility index (Phi) is 7.15. The van der Waals surface area contributed by atoms with Gasteiger partial charge in [-0.05, 0) is 74.0 Å². The van der Waals surface area contributed by atoms with Crippen molar-refractivity contribution in [3.8, 4) is 22.8 Å². The number of hydrogen-bond acceptors (Lipinski definition) is 5. The molecule has 0 spiro atoms. The van der Waals surface area contributed by atoms with Gasteiger partial charge in [0.1, 0.15) is 35.7 Å². The number of nitrogens with zero attached hydrogens (tertiary/aromatic N) is 1. The van der Waals surface area contributed by atoms with E-state index in [0.29, 0.717) is 24.2 Å². The molecular weight excluding hydrogens is 438 g/mol. The Morgan fingerprint density at radius 2 is 1.66 bits per heavy atom. The van der Waals surface area contributed by atoms with Crippen LogP contribution in [0.15, 0.2) is 71.1 Å². The van der Waals surface area contributed by atoms with Crippen LogP contribution in [0.25, 0.3) is 22.3 Å². The first-order valence-corrected chi connectivity index (χ1v) is 12.3. The Hall–Kier alpha value is -3.57. The molecule has 2 heterocycles. The van der Waals surface area contributed by atoms with E-state index in [9.17, 15) is 4.79 Å². The lowest BCUT2D eigenvalue weighted by atomic mass is 9.98. The topological polar surface area (TPSA) is 51.9 Å². The highest BCUT2D eigenvalue weighted by atomic mass is 16.5. The SMILES string of the molecule is COc1ccc(-c2oc3cc(C=O)ccc3c2Cc2ccc(OCCN3CCCCC3)cc2)cc1. The van der Waals surface area contributed by atoms with Crippen LogP contribution in [-0.4, -0.2) is 44.5 Å². The summed E-state index contributed by atoms with van der Waals surface area (Å²) in [6, 6.07) is 21.8. The molecule has 0 bridgehead atoms. The molecule has 1 aliphatic heterocycles. The molecule has 4 aromatic rings. The van der Waals surface area contributed by atoms with Crippen molar-refractivity contribution < 1.29 is 18.7 Å². The lowest BCUT2D eigenvalue weighted by Gasteiger charge is -2.26. The first-order valence-electron chi connectivity index (χ1n) is 12.3. The first-order chi connectivity index (χ1) is 17.2. The Morgan fingerprint density at radius 1 is 0.914 bits per heavy atom. The maximum atomic E-state index is 11.3. The third kappa shape index (κ3) is 5.41. The predicted molar refractivity (Wildman–Crippen MR) is 139 cm³/mol. The van der Waals surface area contributed by atoms with Gasteiger partial charge in [0.05, 0.1) is 7.11 Å². The van der Waals surface area contributed by atoms with Gasteiger partial charge in [-0.2, -0.15) is 0 Å². The smallest absolute Gasteiger partial charge is 0.150 e. The van der Waals surface area contributed by atoms with Crippen LogP contribution in [-0.2, 0) is 6.42 Å². The van der Waals surface area contributed by atoms with Gasteiger partial charge in [-0.25, -0.2) is 0 Å². The molecule has 180 valence electrons. The number of fused-ring (bicyclic) bond motifs is 1. The molecule has 0 amide bonds. The molecule has 5 nitrogen and oxygen atoms in total. The second-order valence-electron chi connectivity index (χ2n) is 9.08. The number of hydrogen-bond donors (Lipinski definition) is 0. The molecule has 0 atom stereocenters. The summed E-state index contributed by atoms with van der Waals surface area (Å²) in [5.74, 6) is 2.51. The average molecular weight is 470 g/mol. The summed E-state index contributed by atoms with van der Waals surface area (Å²) in [6.07, 6.45) is 5.50. The molecule has 1 saturated heterocycles. The predicted octanol–water partition coefficient (Wildman–Crippen LogP) is 6.38. The molecule has 0 saturated carbocycles. The summed E-state index contributed by atoms with van der Waals surface area (Å²) < 4.78 is 17.6.